The highest BCUT2D eigenvalue weighted by Crippen LogP contribution is 2.43. The molecule has 0 unspecified atom stereocenters. The molecule has 15 nitrogen and oxygen atoms in total. The number of carbonyl (C=O) groups excluding carboxylic acids is 3. The molecule has 4 saturated heterocycles. The average molecular weight is 861 g/mol. The lowest BCUT2D eigenvalue weighted by Crippen LogP contribution is -2.60. The van der Waals surface area contributed by atoms with E-state index in [0.29, 0.717) is 56.9 Å². The molecule has 5 rings (SSSR count). The van der Waals surface area contributed by atoms with E-state index in [-0.39, 0.29) is 29.4 Å². The van der Waals surface area contributed by atoms with Crippen molar-refractivity contribution >= 4 is 17.9 Å². The molecular weight excluding hydrogens is 785 g/mol. The van der Waals surface area contributed by atoms with Gasteiger partial charge in [0.2, 0.25) is 0 Å². The zero-order chi connectivity index (χ0) is 46.3. The van der Waals surface area contributed by atoms with Crippen molar-refractivity contribution in [2.75, 3.05) is 0 Å². The van der Waals surface area contributed by atoms with Crippen LogP contribution >= 0.6 is 0 Å². The minimum absolute atomic E-state index is 0.0188. The number of nitrogens with zero attached hydrogens (tertiary/aromatic N) is 4. The van der Waals surface area contributed by atoms with Gasteiger partial charge in [0.15, 0.2) is 0 Å². The van der Waals surface area contributed by atoms with Gasteiger partial charge in [-0.05, 0) is 141 Å². The number of carbonyl (C=O) groups is 3. The Balaban J connectivity index is 1.59. The number of esters is 3. The normalized spacial score (nSPS) is 27.0. The van der Waals surface area contributed by atoms with Crippen LogP contribution in [0.4, 0.5) is 0 Å². The SMILES string of the molecule is CC1(C)CC(OCc2cc(C(=O)OC3CC(C)(C)N(O)C(C)(C)C3)c(C(=O)OC3CC(C)(C)N(O)C(C)(C)C3)cc2C(=O)OC2CC(C)(C)N(O)C(C)(C)C2)CC(C)(C)N1O. The molecule has 4 aliphatic rings. The minimum Gasteiger partial charge on any atom is -0.459 e. The molecule has 4 fully saturated rings. The van der Waals surface area contributed by atoms with Crippen LogP contribution in [0.25, 0.3) is 0 Å². The lowest BCUT2D eigenvalue weighted by molar-refractivity contribution is -0.262. The minimum atomic E-state index is -0.836. The molecule has 4 N–H and O–H groups in total. The van der Waals surface area contributed by atoms with E-state index in [1.54, 1.807) is 0 Å². The standard InChI is InChI=1S/C46H76N4O11/c1-39(2)19-29(20-40(3,4)47(39)54)58-27-28-17-34(37(52)60-31-23-43(9,10)49(56)44(11,12)24-31)35(38(53)61-32-25-45(13,14)50(57)46(15,16)26-32)18-33(28)36(51)59-30-21-41(5,6)48(55)42(7,8)22-30/h17-18,29-32,54-57H,19-27H2,1-16H3. The molecule has 4 aliphatic heterocycles. The van der Waals surface area contributed by atoms with Gasteiger partial charge in [0.05, 0.1) is 29.4 Å². The van der Waals surface area contributed by atoms with Crippen molar-refractivity contribution in [2.24, 2.45) is 0 Å². The van der Waals surface area contributed by atoms with Crippen LogP contribution in [0.15, 0.2) is 12.1 Å². The van der Waals surface area contributed by atoms with E-state index in [0.717, 1.165) is 0 Å². The molecule has 4 heterocycles. The highest BCUT2D eigenvalue weighted by Gasteiger charge is 2.50. The lowest BCUT2D eigenvalue weighted by atomic mass is 9.80. The lowest BCUT2D eigenvalue weighted by Gasteiger charge is -2.51. The van der Waals surface area contributed by atoms with Crippen LogP contribution < -0.4 is 0 Å². The third kappa shape index (κ3) is 10.3. The van der Waals surface area contributed by atoms with Crippen LogP contribution in [0.1, 0.15) is 199 Å². The summed E-state index contributed by atoms with van der Waals surface area (Å²) in [4.78, 5) is 43.7. The fourth-order valence-electron chi connectivity index (χ4n) is 11.2. The summed E-state index contributed by atoms with van der Waals surface area (Å²) in [6.07, 6.45) is 0.660. The van der Waals surface area contributed by atoms with Crippen LogP contribution in [-0.2, 0) is 25.6 Å². The van der Waals surface area contributed by atoms with Crippen LogP contribution in [0.2, 0.25) is 0 Å². The molecule has 0 radical (unpaired) electrons. The zero-order valence-electron chi connectivity index (χ0n) is 39.8. The molecule has 1 aromatic rings. The van der Waals surface area contributed by atoms with Crippen LogP contribution in [-0.4, -0.2) is 128 Å². The first-order chi connectivity index (χ1) is 27.5. The van der Waals surface area contributed by atoms with Gasteiger partial charge >= 0.3 is 17.9 Å². The quantitative estimate of drug-likeness (QED) is 0.137. The summed E-state index contributed by atoms with van der Waals surface area (Å²) in [5.41, 5.74) is -5.61. The third-order valence-corrected chi connectivity index (χ3v) is 13.6. The number of benzene rings is 1. The van der Waals surface area contributed by atoms with Gasteiger partial charge in [0.1, 0.15) is 18.3 Å². The first-order valence-electron chi connectivity index (χ1n) is 21.9. The molecule has 0 spiro atoms. The molecule has 0 amide bonds. The number of hydrogen-bond donors (Lipinski definition) is 4. The predicted octanol–water partition coefficient (Wildman–Crippen LogP) is 8.32. The average Bonchev–Trinajstić information content (AvgIpc) is 3.08. The maximum atomic E-state index is 14.6. The Morgan fingerprint density at radius 1 is 0.426 bits per heavy atom. The van der Waals surface area contributed by atoms with E-state index in [1.807, 2.05) is 111 Å². The van der Waals surface area contributed by atoms with Gasteiger partial charge < -0.3 is 39.8 Å². The summed E-state index contributed by atoms with van der Waals surface area (Å²) in [5, 5.41) is 49.1. The van der Waals surface area contributed by atoms with Gasteiger partial charge in [-0.1, -0.05) is 0 Å². The fourth-order valence-corrected chi connectivity index (χ4v) is 11.2. The second kappa shape index (κ2) is 16.4. The number of piperidine rings is 4. The monoisotopic (exact) mass is 861 g/mol. The first-order valence-corrected chi connectivity index (χ1v) is 21.9. The van der Waals surface area contributed by atoms with Crippen molar-refractivity contribution in [2.45, 2.75) is 237 Å². The predicted molar refractivity (Wildman–Crippen MR) is 227 cm³/mol. The fraction of sp³-hybridized carbons (Fsp3) is 0.804. The van der Waals surface area contributed by atoms with E-state index >= 15 is 0 Å². The number of hydrogen-bond acceptors (Lipinski definition) is 15. The van der Waals surface area contributed by atoms with Gasteiger partial charge in [0.25, 0.3) is 0 Å². The van der Waals surface area contributed by atoms with Gasteiger partial charge in [-0.3, -0.25) is 0 Å². The second-order valence-electron chi connectivity index (χ2n) is 23.4. The van der Waals surface area contributed by atoms with E-state index in [9.17, 15) is 35.2 Å². The van der Waals surface area contributed by atoms with Gasteiger partial charge in [-0.25, -0.2) is 14.4 Å². The van der Waals surface area contributed by atoms with Crippen LogP contribution in [0.5, 0.6) is 0 Å². The topological polar surface area (TPSA) is 182 Å². The molecule has 0 bridgehead atoms. The molecule has 0 saturated carbocycles. The summed E-state index contributed by atoms with van der Waals surface area (Å²) in [7, 11) is 0. The van der Waals surface area contributed by atoms with Crippen LogP contribution in [0, 0.1) is 0 Å². The Bertz CT molecular complexity index is 1760. The zero-order valence-corrected chi connectivity index (χ0v) is 39.8. The highest BCUT2D eigenvalue weighted by atomic mass is 16.6. The second-order valence-corrected chi connectivity index (χ2v) is 23.4. The van der Waals surface area contributed by atoms with E-state index in [1.165, 1.54) is 32.4 Å². The van der Waals surface area contributed by atoms with Crippen molar-refractivity contribution < 1.29 is 54.2 Å². The number of rotatable bonds is 9. The van der Waals surface area contributed by atoms with Crippen molar-refractivity contribution in [3.63, 3.8) is 0 Å². The molecule has 0 atom stereocenters. The summed E-state index contributed by atoms with van der Waals surface area (Å²) in [6, 6.07) is 2.82. The maximum absolute atomic E-state index is 14.6. The van der Waals surface area contributed by atoms with Crippen molar-refractivity contribution in [3.8, 4) is 0 Å². The Kier molecular flexibility index (Phi) is 13.2. The van der Waals surface area contributed by atoms with Crippen molar-refractivity contribution in [1.82, 2.24) is 20.3 Å². The summed E-state index contributed by atoms with van der Waals surface area (Å²) in [6.45, 7) is 30.0. The Morgan fingerprint density at radius 2 is 0.656 bits per heavy atom. The Hall–Kier alpha value is -2.73. The Labute approximate surface area is 363 Å². The molecule has 1 aromatic carbocycles. The van der Waals surface area contributed by atoms with Crippen LogP contribution in [0.3, 0.4) is 0 Å². The van der Waals surface area contributed by atoms with Gasteiger partial charge in [0, 0.05) is 82.8 Å². The molecule has 15 heteroatoms. The van der Waals surface area contributed by atoms with E-state index in [4.69, 9.17) is 18.9 Å². The molecular formula is C46H76N4O11. The van der Waals surface area contributed by atoms with Crippen molar-refractivity contribution in [1.29, 1.82) is 0 Å². The van der Waals surface area contributed by atoms with E-state index in [2.05, 4.69) is 0 Å². The number of ether oxygens (including phenoxy) is 4. The number of hydroxylamine groups is 8. The molecule has 61 heavy (non-hydrogen) atoms. The molecule has 346 valence electrons. The summed E-state index contributed by atoms with van der Waals surface area (Å²) >= 11 is 0. The van der Waals surface area contributed by atoms with Crippen molar-refractivity contribution in [3.05, 3.63) is 34.4 Å². The first kappa shape index (κ1) is 49.3. The largest absolute Gasteiger partial charge is 0.459 e. The Morgan fingerprint density at radius 3 is 0.934 bits per heavy atom. The molecule has 0 aromatic heterocycles. The third-order valence-electron chi connectivity index (χ3n) is 13.6. The van der Waals surface area contributed by atoms with Gasteiger partial charge in [-0.15, -0.1) is 0 Å². The highest BCUT2D eigenvalue weighted by molar-refractivity contribution is 6.06. The summed E-state index contributed by atoms with van der Waals surface area (Å²) in [5.74, 6) is -2.36. The summed E-state index contributed by atoms with van der Waals surface area (Å²) < 4.78 is 25.2. The maximum Gasteiger partial charge on any atom is 0.339 e. The van der Waals surface area contributed by atoms with E-state index < -0.39 is 80.5 Å². The smallest absolute Gasteiger partial charge is 0.339 e. The van der Waals surface area contributed by atoms with Gasteiger partial charge in [-0.2, -0.15) is 20.3 Å². The molecule has 0 aliphatic carbocycles.